The highest BCUT2D eigenvalue weighted by molar-refractivity contribution is 6.31. The molecular weight excluding hydrogens is 291 g/mol. The van der Waals surface area contributed by atoms with Crippen molar-refractivity contribution in [2.24, 2.45) is 5.73 Å². The van der Waals surface area contributed by atoms with Gasteiger partial charge in [-0.2, -0.15) is 0 Å². The minimum atomic E-state index is -0.373. The molecular formula is C16H18ClFN2O. The molecule has 0 saturated carbocycles. The van der Waals surface area contributed by atoms with Gasteiger partial charge in [0.15, 0.2) is 0 Å². The van der Waals surface area contributed by atoms with Crippen LogP contribution in [0.15, 0.2) is 24.4 Å². The van der Waals surface area contributed by atoms with Gasteiger partial charge in [-0.3, -0.25) is 4.98 Å². The number of aromatic nitrogens is 1. The monoisotopic (exact) mass is 308 g/mol. The van der Waals surface area contributed by atoms with Gasteiger partial charge >= 0.3 is 0 Å². The zero-order valence-electron chi connectivity index (χ0n) is 12.3. The van der Waals surface area contributed by atoms with E-state index in [-0.39, 0.29) is 11.9 Å². The van der Waals surface area contributed by atoms with Gasteiger partial charge in [0, 0.05) is 40.5 Å². The van der Waals surface area contributed by atoms with E-state index in [0.29, 0.717) is 17.0 Å². The van der Waals surface area contributed by atoms with Gasteiger partial charge in [0.25, 0.3) is 0 Å². The molecule has 1 heterocycles. The maximum atomic E-state index is 13.1. The van der Waals surface area contributed by atoms with E-state index in [0.717, 1.165) is 22.6 Å². The molecule has 21 heavy (non-hydrogen) atoms. The Bertz CT molecular complexity index is 661. The highest BCUT2D eigenvalue weighted by Gasteiger charge is 2.16. The van der Waals surface area contributed by atoms with Crippen molar-refractivity contribution in [1.82, 2.24) is 4.98 Å². The Morgan fingerprint density at radius 2 is 2.10 bits per heavy atom. The average molecular weight is 309 g/mol. The van der Waals surface area contributed by atoms with Crippen LogP contribution in [-0.2, 0) is 6.42 Å². The van der Waals surface area contributed by atoms with Gasteiger partial charge in [-0.1, -0.05) is 17.7 Å². The molecule has 0 amide bonds. The van der Waals surface area contributed by atoms with Crippen LogP contribution in [0, 0.1) is 19.7 Å². The van der Waals surface area contributed by atoms with Crippen LogP contribution < -0.4 is 10.5 Å². The van der Waals surface area contributed by atoms with E-state index in [2.05, 4.69) is 4.98 Å². The SMILES string of the molecule is COc1c(C)cnc(CC(N)c2ccc(F)cc2Cl)c1C. The van der Waals surface area contributed by atoms with Crippen molar-refractivity contribution in [3.05, 3.63) is 57.6 Å². The summed E-state index contributed by atoms with van der Waals surface area (Å²) >= 11 is 6.05. The van der Waals surface area contributed by atoms with Crippen molar-refractivity contribution in [2.45, 2.75) is 26.3 Å². The number of halogens is 2. The number of hydrogen-bond acceptors (Lipinski definition) is 3. The lowest BCUT2D eigenvalue weighted by Gasteiger charge is -2.17. The van der Waals surface area contributed by atoms with Gasteiger partial charge in [-0.15, -0.1) is 0 Å². The summed E-state index contributed by atoms with van der Waals surface area (Å²) in [5, 5.41) is 0.333. The lowest BCUT2D eigenvalue weighted by Crippen LogP contribution is -2.16. The summed E-state index contributed by atoms with van der Waals surface area (Å²) in [7, 11) is 1.63. The number of nitrogens with zero attached hydrogens (tertiary/aromatic N) is 1. The van der Waals surface area contributed by atoms with Gasteiger partial charge in [-0.25, -0.2) is 4.39 Å². The second-order valence-corrected chi connectivity index (χ2v) is 5.43. The van der Waals surface area contributed by atoms with Crippen molar-refractivity contribution < 1.29 is 9.13 Å². The highest BCUT2D eigenvalue weighted by atomic mass is 35.5. The topological polar surface area (TPSA) is 48.1 Å². The summed E-state index contributed by atoms with van der Waals surface area (Å²) in [6.07, 6.45) is 2.27. The first kappa shape index (κ1) is 15.7. The predicted molar refractivity (Wildman–Crippen MR) is 82.3 cm³/mol. The Labute approximate surface area is 128 Å². The molecule has 0 aliphatic heterocycles. The van der Waals surface area contributed by atoms with Gasteiger partial charge in [0.05, 0.1) is 7.11 Å². The molecule has 112 valence electrons. The smallest absolute Gasteiger partial charge is 0.128 e. The van der Waals surface area contributed by atoms with Crippen molar-refractivity contribution in [1.29, 1.82) is 0 Å². The molecule has 0 saturated heterocycles. The molecule has 3 nitrogen and oxygen atoms in total. The first-order valence-electron chi connectivity index (χ1n) is 6.63. The Morgan fingerprint density at radius 3 is 2.71 bits per heavy atom. The fourth-order valence-corrected chi connectivity index (χ4v) is 2.70. The summed E-state index contributed by atoms with van der Waals surface area (Å²) in [6, 6.07) is 3.89. The standard InChI is InChI=1S/C16H18ClFN2O/c1-9-8-20-15(10(2)16(9)21-3)7-14(19)12-5-4-11(18)6-13(12)17/h4-6,8,14H,7,19H2,1-3H3. The van der Waals surface area contributed by atoms with Crippen LogP contribution in [0.4, 0.5) is 4.39 Å². The number of hydrogen-bond donors (Lipinski definition) is 1. The molecule has 1 aromatic heterocycles. The fraction of sp³-hybridized carbons (Fsp3) is 0.312. The molecule has 0 radical (unpaired) electrons. The van der Waals surface area contributed by atoms with Crippen molar-refractivity contribution in [3.63, 3.8) is 0 Å². The largest absolute Gasteiger partial charge is 0.496 e. The average Bonchev–Trinajstić information content (AvgIpc) is 2.42. The number of methoxy groups -OCH3 is 1. The van der Waals surface area contributed by atoms with E-state index in [1.807, 2.05) is 13.8 Å². The fourth-order valence-electron chi connectivity index (χ4n) is 2.40. The summed E-state index contributed by atoms with van der Waals surface area (Å²) in [6.45, 7) is 3.90. The lowest BCUT2D eigenvalue weighted by atomic mass is 9.99. The van der Waals surface area contributed by atoms with Crippen molar-refractivity contribution in [3.8, 4) is 5.75 Å². The maximum absolute atomic E-state index is 13.1. The van der Waals surface area contributed by atoms with E-state index in [1.165, 1.54) is 12.1 Å². The van der Waals surface area contributed by atoms with Crippen LogP contribution in [0.1, 0.15) is 28.4 Å². The number of nitrogens with two attached hydrogens (primary N) is 1. The molecule has 1 unspecified atom stereocenters. The highest BCUT2D eigenvalue weighted by Crippen LogP contribution is 2.29. The molecule has 2 aromatic rings. The molecule has 0 fully saturated rings. The van der Waals surface area contributed by atoms with E-state index < -0.39 is 0 Å². The van der Waals surface area contributed by atoms with Crippen LogP contribution in [0.2, 0.25) is 5.02 Å². The molecule has 2 N–H and O–H groups in total. The Kier molecular flexibility index (Phi) is 4.80. The molecule has 5 heteroatoms. The van der Waals surface area contributed by atoms with Gasteiger partial charge in [-0.05, 0) is 31.5 Å². The summed E-state index contributed by atoms with van der Waals surface area (Å²) < 4.78 is 18.5. The lowest BCUT2D eigenvalue weighted by molar-refractivity contribution is 0.406. The normalized spacial score (nSPS) is 12.3. The maximum Gasteiger partial charge on any atom is 0.128 e. The van der Waals surface area contributed by atoms with Crippen molar-refractivity contribution >= 4 is 11.6 Å². The van der Waals surface area contributed by atoms with E-state index in [4.69, 9.17) is 22.1 Å². The summed E-state index contributed by atoms with van der Waals surface area (Å²) in [5.41, 5.74) is 9.69. The van der Waals surface area contributed by atoms with Crippen LogP contribution in [0.25, 0.3) is 0 Å². The van der Waals surface area contributed by atoms with Gasteiger partial charge in [0.2, 0.25) is 0 Å². The minimum absolute atomic E-state index is 0.333. The van der Waals surface area contributed by atoms with Crippen LogP contribution >= 0.6 is 11.6 Å². The molecule has 1 aromatic carbocycles. The first-order valence-corrected chi connectivity index (χ1v) is 7.01. The van der Waals surface area contributed by atoms with Crippen LogP contribution in [0.5, 0.6) is 5.75 Å². The second-order valence-electron chi connectivity index (χ2n) is 5.02. The third-order valence-corrected chi connectivity index (χ3v) is 3.85. The Balaban J connectivity index is 2.29. The molecule has 0 spiro atoms. The third kappa shape index (κ3) is 3.34. The molecule has 0 bridgehead atoms. The van der Waals surface area contributed by atoms with Crippen LogP contribution in [0.3, 0.4) is 0 Å². The van der Waals surface area contributed by atoms with Gasteiger partial charge < -0.3 is 10.5 Å². The van der Waals surface area contributed by atoms with E-state index in [1.54, 1.807) is 19.4 Å². The summed E-state index contributed by atoms with van der Waals surface area (Å²) in [5.74, 6) is 0.444. The number of ether oxygens (including phenoxy) is 1. The van der Waals surface area contributed by atoms with E-state index >= 15 is 0 Å². The molecule has 0 aliphatic rings. The number of rotatable bonds is 4. The predicted octanol–water partition coefficient (Wildman–Crippen LogP) is 3.74. The van der Waals surface area contributed by atoms with E-state index in [9.17, 15) is 4.39 Å². The second kappa shape index (κ2) is 6.41. The first-order chi connectivity index (χ1) is 9.93. The Morgan fingerprint density at radius 1 is 1.38 bits per heavy atom. The van der Waals surface area contributed by atoms with Gasteiger partial charge in [0.1, 0.15) is 11.6 Å². The molecule has 0 aliphatic carbocycles. The third-order valence-electron chi connectivity index (χ3n) is 3.53. The van der Waals surface area contributed by atoms with Crippen LogP contribution in [-0.4, -0.2) is 12.1 Å². The zero-order valence-corrected chi connectivity index (χ0v) is 13.0. The molecule has 1 atom stereocenters. The minimum Gasteiger partial charge on any atom is -0.496 e. The number of pyridine rings is 1. The van der Waals surface area contributed by atoms with Crippen molar-refractivity contribution in [2.75, 3.05) is 7.11 Å². The number of benzene rings is 1. The zero-order chi connectivity index (χ0) is 15.6. The number of aryl methyl sites for hydroxylation is 1. The quantitative estimate of drug-likeness (QED) is 0.936. The molecule has 2 rings (SSSR count). The summed E-state index contributed by atoms with van der Waals surface area (Å²) in [4.78, 5) is 4.42. The Hall–Kier alpha value is -1.65.